The number of halogens is 2. The standard InChI is InChI=1S/C19H27BrN2O.ClH/c1-21(19(23)14-15-8-10-16(20)11-9-15)17-6-2-3-7-18(17)22-12-4-5-13-22;/h8-11,17-18H,2-7,12-14H2,1H3;1H. The largest absolute Gasteiger partial charge is 0.341 e. The highest BCUT2D eigenvalue weighted by molar-refractivity contribution is 9.10. The van der Waals surface area contributed by atoms with Crippen LogP contribution in [-0.2, 0) is 11.2 Å². The maximum atomic E-state index is 12.8. The average molecular weight is 416 g/mol. The van der Waals surface area contributed by atoms with Gasteiger partial charge in [-0.25, -0.2) is 0 Å². The van der Waals surface area contributed by atoms with Crippen LogP contribution in [0.5, 0.6) is 0 Å². The second kappa shape index (κ2) is 9.21. The van der Waals surface area contributed by atoms with Crippen molar-refractivity contribution in [2.24, 2.45) is 0 Å². The molecule has 134 valence electrons. The molecule has 2 fully saturated rings. The van der Waals surface area contributed by atoms with Crippen LogP contribution in [0.15, 0.2) is 28.7 Å². The van der Waals surface area contributed by atoms with Crippen LogP contribution in [0.1, 0.15) is 44.1 Å². The lowest BCUT2D eigenvalue weighted by atomic mass is 9.88. The van der Waals surface area contributed by atoms with E-state index in [1.54, 1.807) is 0 Å². The summed E-state index contributed by atoms with van der Waals surface area (Å²) in [7, 11) is 2.01. The minimum Gasteiger partial charge on any atom is -0.341 e. The summed E-state index contributed by atoms with van der Waals surface area (Å²) in [5.41, 5.74) is 1.10. The van der Waals surface area contributed by atoms with E-state index in [2.05, 4.69) is 20.8 Å². The van der Waals surface area contributed by atoms with Gasteiger partial charge in [-0.3, -0.25) is 9.69 Å². The number of hydrogen-bond donors (Lipinski definition) is 0. The lowest BCUT2D eigenvalue weighted by molar-refractivity contribution is -0.133. The quantitative estimate of drug-likeness (QED) is 0.733. The highest BCUT2D eigenvalue weighted by Crippen LogP contribution is 2.29. The zero-order chi connectivity index (χ0) is 16.2. The van der Waals surface area contributed by atoms with Gasteiger partial charge in [0.15, 0.2) is 0 Å². The maximum absolute atomic E-state index is 12.8. The molecule has 2 atom stereocenters. The first kappa shape index (κ1) is 19.7. The molecule has 2 aliphatic rings. The third kappa shape index (κ3) is 4.74. The van der Waals surface area contributed by atoms with Crippen molar-refractivity contribution in [3.63, 3.8) is 0 Å². The number of benzene rings is 1. The lowest BCUT2D eigenvalue weighted by Crippen LogP contribution is -2.53. The molecular formula is C19H28BrClN2O. The van der Waals surface area contributed by atoms with E-state index in [0.717, 1.165) is 16.5 Å². The lowest BCUT2D eigenvalue weighted by Gasteiger charge is -2.42. The van der Waals surface area contributed by atoms with Gasteiger partial charge in [0, 0.05) is 23.6 Å². The van der Waals surface area contributed by atoms with E-state index in [9.17, 15) is 4.79 Å². The molecule has 3 rings (SSSR count). The fourth-order valence-corrected chi connectivity index (χ4v) is 4.39. The molecule has 0 N–H and O–H groups in total. The van der Waals surface area contributed by atoms with Crippen molar-refractivity contribution in [2.75, 3.05) is 20.1 Å². The summed E-state index contributed by atoms with van der Waals surface area (Å²) in [6, 6.07) is 9.06. The molecule has 0 bridgehead atoms. The molecule has 1 saturated carbocycles. The normalized spacial score (nSPS) is 24.4. The molecule has 3 nitrogen and oxygen atoms in total. The number of nitrogens with zero attached hydrogens (tertiary/aromatic N) is 2. The van der Waals surface area contributed by atoms with E-state index in [4.69, 9.17) is 0 Å². The Balaban J connectivity index is 0.00000208. The summed E-state index contributed by atoms with van der Waals surface area (Å²) in [6.07, 6.45) is 8.12. The first-order chi connectivity index (χ1) is 11.1. The number of carbonyl (C=O) groups is 1. The number of amides is 1. The molecule has 1 aromatic carbocycles. The van der Waals surface area contributed by atoms with Crippen molar-refractivity contribution in [3.05, 3.63) is 34.3 Å². The van der Waals surface area contributed by atoms with Gasteiger partial charge in [0.25, 0.3) is 0 Å². The minimum atomic E-state index is 0. The average Bonchev–Trinajstić information content (AvgIpc) is 3.10. The van der Waals surface area contributed by atoms with Gasteiger partial charge in [0.2, 0.25) is 5.91 Å². The Morgan fingerprint density at radius 3 is 2.42 bits per heavy atom. The fourth-order valence-electron chi connectivity index (χ4n) is 4.13. The van der Waals surface area contributed by atoms with Crippen molar-refractivity contribution < 1.29 is 4.79 Å². The summed E-state index contributed by atoms with van der Waals surface area (Å²) in [6.45, 7) is 2.44. The SMILES string of the molecule is CN(C(=O)Cc1ccc(Br)cc1)C1CCCCC1N1CCCC1.Cl. The Bertz CT molecular complexity index is 531. The van der Waals surface area contributed by atoms with Gasteiger partial charge >= 0.3 is 0 Å². The van der Waals surface area contributed by atoms with Gasteiger partial charge in [0.05, 0.1) is 6.42 Å². The Kier molecular flexibility index (Phi) is 7.58. The van der Waals surface area contributed by atoms with E-state index >= 15 is 0 Å². The molecule has 2 unspecified atom stereocenters. The molecule has 5 heteroatoms. The first-order valence-electron chi connectivity index (χ1n) is 8.89. The summed E-state index contributed by atoms with van der Waals surface area (Å²) in [4.78, 5) is 17.4. The van der Waals surface area contributed by atoms with Crippen molar-refractivity contribution in [1.82, 2.24) is 9.80 Å². The Hall–Kier alpha value is -0.580. The van der Waals surface area contributed by atoms with Crippen LogP contribution in [-0.4, -0.2) is 47.9 Å². The van der Waals surface area contributed by atoms with E-state index in [1.807, 2.05) is 36.2 Å². The molecule has 1 heterocycles. The molecular weight excluding hydrogens is 388 g/mol. The fraction of sp³-hybridized carbons (Fsp3) is 0.632. The van der Waals surface area contributed by atoms with E-state index in [-0.39, 0.29) is 18.3 Å². The molecule has 0 radical (unpaired) electrons. The smallest absolute Gasteiger partial charge is 0.227 e. The Labute approximate surface area is 160 Å². The topological polar surface area (TPSA) is 23.6 Å². The number of likely N-dealkylation sites (N-methyl/N-ethyl adjacent to an activating group) is 1. The molecule has 1 aliphatic heterocycles. The first-order valence-corrected chi connectivity index (χ1v) is 9.68. The zero-order valence-electron chi connectivity index (χ0n) is 14.4. The molecule has 24 heavy (non-hydrogen) atoms. The second-order valence-corrected chi connectivity index (χ2v) is 7.89. The third-order valence-electron chi connectivity index (χ3n) is 5.46. The van der Waals surface area contributed by atoms with Crippen molar-refractivity contribution in [3.8, 4) is 0 Å². The van der Waals surface area contributed by atoms with Crippen LogP contribution in [0.2, 0.25) is 0 Å². The molecule has 0 aromatic heterocycles. The van der Waals surface area contributed by atoms with E-state index < -0.39 is 0 Å². The Morgan fingerprint density at radius 2 is 1.75 bits per heavy atom. The van der Waals surface area contributed by atoms with Crippen LogP contribution < -0.4 is 0 Å². The number of likely N-dealkylation sites (tertiary alicyclic amines) is 1. The third-order valence-corrected chi connectivity index (χ3v) is 5.99. The van der Waals surface area contributed by atoms with E-state index in [1.165, 1.54) is 45.2 Å². The van der Waals surface area contributed by atoms with Gasteiger partial charge in [-0.2, -0.15) is 0 Å². The summed E-state index contributed by atoms with van der Waals surface area (Å²) in [5.74, 6) is 0.253. The van der Waals surface area contributed by atoms with Crippen LogP contribution in [0, 0.1) is 0 Å². The summed E-state index contributed by atoms with van der Waals surface area (Å²) >= 11 is 3.45. The monoisotopic (exact) mass is 414 g/mol. The Morgan fingerprint density at radius 1 is 1.12 bits per heavy atom. The molecule has 0 spiro atoms. The van der Waals surface area contributed by atoms with Gasteiger partial charge in [0.1, 0.15) is 0 Å². The maximum Gasteiger partial charge on any atom is 0.227 e. The van der Waals surface area contributed by atoms with Crippen LogP contribution >= 0.6 is 28.3 Å². The highest BCUT2D eigenvalue weighted by atomic mass is 79.9. The van der Waals surface area contributed by atoms with Crippen LogP contribution in [0.3, 0.4) is 0 Å². The molecule has 1 amide bonds. The van der Waals surface area contributed by atoms with Gasteiger partial charge in [-0.05, 0) is 56.5 Å². The number of carbonyl (C=O) groups excluding carboxylic acids is 1. The predicted octanol–water partition coefficient (Wildman–Crippen LogP) is 4.28. The number of hydrogen-bond acceptors (Lipinski definition) is 2. The van der Waals surface area contributed by atoms with Gasteiger partial charge in [-0.1, -0.05) is 40.9 Å². The van der Waals surface area contributed by atoms with E-state index in [0.29, 0.717) is 18.5 Å². The van der Waals surface area contributed by atoms with Crippen molar-refractivity contribution in [2.45, 2.75) is 57.0 Å². The van der Waals surface area contributed by atoms with Crippen molar-refractivity contribution >= 4 is 34.2 Å². The van der Waals surface area contributed by atoms with Crippen LogP contribution in [0.4, 0.5) is 0 Å². The predicted molar refractivity (Wildman–Crippen MR) is 105 cm³/mol. The van der Waals surface area contributed by atoms with Gasteiger partial charge < -0.3 is 4.90 Å². The summed E-state index contributed by atoms with van der Waals surface area (Å²) < 4.78 is 1.06. The van der Waals surface area contributed by atoms with Crippen LogP contribution in [0.25, 0.3) is 0 Å². The molecule has 1 aromatic rings. The molecule has 1 aliphatic carbocycles. The van der Waals surface area contributed by atoms with Gasteiger partial charge in [-0.15, -0.1) is 12.4 Å². The molecule has 1 saturated heterocycles. The number of rotatable bonds is 4. The second-order valence-electron chi connectivity index (χ2n) is 6.97. The highest BCUT2D eigenvalue weighted by Gasteiger charge is 2.35. The minimum absolute atomic E-state index is 0. The zero-order valence-corrected chi connectivity index (χ0v) is 16.8. The van der Waals surface area contributed by atoms with Crippen molar-refractivity contribution in [1.29, 1.82) is 0 Å². The summed E-state index contributed by atoms with van der Waals surface area (Å²) in [5, 5.41) is 0.